The molecule has 0 radical (unpaired) electrons. The molecule has 0 fully saturated rings. The van der Waals surface area contributed by atoms with Crippen molar-refractivity contribution in [3.05, 3.63) is 11.9 Å². The largest absolute Gasteiger partial charge is 0.394 e. The molecule has 0 aromatic heterocycles. The summed E-state index contributed by atoms with van der Waals surface area (Å²) in [7, 11) is 0. The Morgan fingerprint density at radius 2 is 2.67 bits per heavy atom. The highest BCUT2D eigenvalue weighted by Gasteiger charge is 2.06. The lowest BCUT2D eigenvalue weighted by atomic mass is 10.2. The number of dihydropyridines is 1. The number of aliphatic imine (C=N–C) groups is 1. The molecule has 1 heterocycles. The second-order valence-corrected chi connectivity index (χ2v) is 1.94. The Balaban J connectivity index is 2.48. The van der Waals surface area contributed by atoms with Crippen LogP contribution in [-0.2, 0) is 0 Å². The van der Waals surface area contributed by atoms with Gasteiger partial charge in [-0.05, 0) is 12.5 Å². The van der Waals surface area contributed by atoms with Gasteiger partial charge in [-0.2, -0.15) is 0 Å². The van der Waals surface area contributed by atoms with E-state index in [1.807, 2.05) is 0 Å². The highest BCUT2D eigenvalue weighted by atomic mass is 19.1. The molecule has 0 aromatic carbocycles. The van der Waals surface area contributed by atoms with E-state index < -0.39 is 0 Å². The summed E-state index contributed by atoms with van der Waals surface area (Å²) < 4.78 is 12.1. The van der Waals surface area contributed by atoms with Crippen LogP contribution in [0, 0.1) is 0 Å². The SMILES string of the molecule is OCC1CC=C(F)C=N1. The minimum atomic E-state index is -0.306. The molecule has 0 bridgehead atoms. The molecule has 0 aliphatic carbocycles. The van der Waals surface area contributed by atoms with Crippen LogP contribution in [0.2, 0.25) is 0 Å². The van der Waals surface area contributed by atoms with Crippen molar-refractivity contribution in [2.75, 3.05) is 6.61 Å². The zero-order chi connectivity index (χ0) is 6.69. The number of halogens is 1. The molecule has 9 heavy (non-hydrogen) atoms. The summed E-state index contributed by atoms with van der Waals surface area (Å²) >= 11 is 0. The Hall–Kier alpha value is -0.700. The molecule has 1 aliphatic rings. The maximum atomic E-state index is 12.1. The lowest BCUT2D eigenvalue weighted by Gasteiger charge is -2.07. The summed E-state index contributed by atoms with van der Waals surface area (Å²) in [6, 6.07) is -0.121. The van der Waals surface area contributed by atoms with Gasteiger partial charge in [0.15, 0.2) is 0 Å². The summed E-state index contributed by atoms with van der Waals surface area (Å²) in [5.74, 6) is -0.306. The van der Waals surface area contributed by atoms with Crippen LogP contribution in [0.1, 0.15) is 6.42 Å². The van der Waals surface area contributed by atoms with Gasteiger partial charge in [0.1, 0.15) is 5.83 Å². The van der Waals surface area contributed by atoms with Gasteiger partial charge >= 0.3 is 0 Å². The Morgan fingerprint density at radius 1 is 1.89 bits per heavy atom. The van der Waals surface area contributed by atoms with Crippen LogP contribution in [0.5, 0.6) is 0 Å². The van der Waals surface area contributed by atoms with Crippen molar-refractivity contribution >= 4 is 6.21 Å². The van der Waals surface area contributed by atoms with Crippen LogP contribution in [0.4, 0.5) is 4.39 Å². The molecule has 1 N–H and O–H groups in total. The number of rotatable bonds is 1. The van der Waals surface area contributed by atoms with Crippen molar-refractivity contribution in [2.24, 2.45) is 4.99 Å². The van der Waals surface area contributed by atoms with E-state index in [0.717, 1.165) is 6.21 Å². The fourth-order valence-corrected chi connectivity index (χ4v) is 0.660. The van der Waals surface area contributed by atoms with Crippen LogP contribution in [0.25, 0.3) is 0 Å². The number of aliphatic hydroxyl groups is 1. The molecule has 0 saturated carbocycles. The predicted octanol–water partition coefficient (Wildman–Crippen LogP) is 0.675. The van der Waals surface area contributed by atoms with Crippen molar-refractivity contribution in [1.82, 2.24) is 0 Å². The van der Waals surface area contributed by atoms with Crippen LogP contribution in [0.15, 0.2) is 16.9 Å². The Labute approximate surface area is 52.7 Å². The first-order valence-corrected chi connectivity index (χ1v) is 2.82. The molecule has 0 saturated heterocycles. The van der Waals surface area contributed by atoms with E-state index in [-0.39, 0.29) is 18.5 Å². The molecule has 50 valence electrons. The molecule has 1 atom stereocenters. The van der Waals surface area contributed by atoms with E-state index in [0.29, 0.717) is 6.42 Å². The summed E-state index contributed by atoms with van der Waals surface area (Å²) in [6.45, 7) is 0.000278. The molecule has 3 heteroatoms. The smallest absolute Gasteiger partial charge is 0.137 e. The van der Waals surface area contributed by atoms with E-state index in [4.69, 9.17) is 5.11 Å². The lowest BCUT2D eigenvalue weighted by molar-refractivity contribution is 0.266. The first-order chi connectivity index (χ1) is 4.33. The second kappa shape index (κ2) is 2.73. The fraction of sp³-hybridized carbons (Fsp3) is 0.500. The quantitative estimate of drug-likeness (QED) is 0.554. The van der Waals surface area contributed by atoms with Gasteiger partial charge in [0.25, 0.3) is 0 Å². The zero-order valence-electron chi connectivity index (χ0n) is 4.92. The molecule has 1 rings (SSSR count). The average Bonchev–Trinajstić information content (AvgIpc) is 1.90. The molecule has 2 nitrogen and oxygen atoms in total. The number of aliphatic hydroxyl groups excluding tert-OH is 1. The van der Waals surface area contributed by atoms with Crippen LogP contribution >= 0.6 is 0 Å². The Kier molecular flexibility index (Phi) is 1.95. The highest BCUT2D eigenvalue weighted by Crippen LogP contribution is 2.07. The van der Waals surface area contributed by atoms with Gasteiger partial charge in [-0.1, -0.05) is 0 Å². The van der Waals surface area contributed by atoms with Crippen molar-refractivity contribution in [2.45, 2.75) is 12.5 Å². The fourth-order valence-electron chi connectivity index (χ4n) is 0.660. The van der Waals surface area contributed by atoms with Gasteiger partial charge in [0.2, 0.25) is 0 Å². The zero-order valence-corrected chi connectivity index (χ0v) is 4.92. The maximum Gasteiger partial charge on any atom is 0.137 e. The van der Waals surface area contributed by atoms with Gasteiger partial charge in [-0.25, -0.2) is 4.39 Å². The summed E-state index contributed by atoms with van der Waals surface area (Å²) in [4.78, 5) is 3.71. The molecular formula is C6H8FNO. The standard InChI is InChI=1S/C6H8FNO/c7-5-1-2-6(4-9)8-3-5/h1,3,6,9H,2,4H2. The molecule has 0 aromatic rings. The van der Waals surface area contributed by atoms with Gasteiger partial charge in [-0.15, -0.1) is 0 Å². The number of nitrogens with zero attached hydrogens (tertiary/aromatic N) is 1. The predicted molar refractivity (Wildman–Crippen MR) is 33.2 cm³/mol. The van der Waals surface area contributed by atoms with Crippen molar-refractivity contribution in [1.29, 1.82) is 0 Å². The van der Waals surface area contributed by atoms with Gasteiger partial charge < -0.3 is 5.11 Å². The first-order valence-electron chi connectivity index (χ1n) is 2.82. The maximum absolute atomic E-state index is 12.1. The van der Waals surface area contributed by atoms with Crippen molar-refractivity contribution < 1.29 is 9.50 Å². The lowest BCUT2D eigenvalue weighted by Crippen LogP contribution is -2.11. The van der Waals surface area contributed by atoms with Crippen LogP contribution in [-0.4, -0.2) is 24.0 Å². The minimum absolute atomic E-state index is 0.000278. The van der Waals surface area contributed by atoms with Crippen molar-refractivity contribution in [3.63, 3.8) is 0 Å². The molecular weight excluding hydrogens is 121 g/mol. The number of hydrogen-bond donors (Lipinski definition) is 1. The highest BCUT2D eigenvalue weighted by molar-refractivity contribution is 5.76. The third-order valence-electron chi connectivity index (χ3n) is 1.20. The average molecular weight is 129 g/mol. The van der Waals surface area contributed by atoms with E-state index in [1.54, 1.807) is 0 Å². The van der Waals surface area contributed by atoms with Crippen LogP contribution < -0.4 is 0 Å². The monoisotopic (exact) mass is 129 g/mol. The van der Waals surface area contributed by atoms with Gasteiger partial charge in [0.05, 0.1) is 18.9 Å². The van der Waals surface area contributed by atoms with E-state index in [1.165, 1.54) is 6.08 Å². The summed E-state index contributed by atoms with van der Waals surface area (Å²) in [5.41, 5.74) is 0. The summed E-state index contributed by atoms with van der Waals surface area (Å²) in [5, 5.41) is 8.51. The molecule has 0 amide bonds. The van der Waals surface area contributed by atoms with Gasteiger partial charge in [0, 0.05) is 0 Å². The van der Waals surface area contributed by atoms with E-state index in [2.05, 4.69) is 4.99 Å². The van der Waals surface area contributed by atoms with Crippen LogP contribution in [0.3, 0.4) is 0 Å². The summed E-state index contributed by atoms with van der Waals surface area (Å²) in [6.07, 6.45) is 3.08. The molecule has 1 aliphatic heterocycles. The second-order valence-electron chi connectivity index (χ2n) is 1.94. The Morgan fingerprint density at radius 3 is 3.11 bits per heavy atom. The normalized spacial score (nSPS) is 26.0. The third kappa shape index (κ3) is 1.61. The Bertz CT molecular complexity index is 153. The van der Waals surface area contributed by atoms with E-state index >= 15 is 0 Å². The molecule has 1 unspecified atom stereocenters. The minimum Gasteiger partial charge on any atom is -0.394 e. The number of allylic oxidation sites excluding steroid dienone is 1. The van der Waals surface area contributed by atoms with E-state index in [9.17, 15) is 4.39 Å². The molecule has 0 spiro atoms. The van der Waals surface area contributed by atoms with Gasteiger partial charge in [-0.3, -0.25) is 4.99 Å². The first kappa shape index (κ1) is 6.42. The number of hydrogen-bond acceptors (Lipinski definition) is 2. The topological polar surface area (TPSA) is 32.6 Å². The van der Waals surface area contributed by atoms with Crippen molar-refractivity contribution in [3.8, 4) is 0 Å². The third-order valence-corrected chi connectivity index (χ3v) is 1.20.